The Labute approximate surface area is 124 Å². The lowest BCUT2D eigenvalue weighted by molar-refractivity contribution is 0.0955. The van der Waals surface area contributed by atoms with Gasteiger partial charge in [0, 0.05) is 9.35 Å². The first kappa shape index (κ1) is 13.3. The minimum Gasteiger partial charge on any atom is -0.346 e. The molecule has 1 amide bonds. The van der Waals surface area contributed by atoms with Gasteiger partial charge in [-0.1, -0.05) is 0 Å². The molecule has 0 spiro atoms. The number of halogens is 2. The summed E-state index contributed by atoms with van der Waals surface area (Å²) in [6.45, 7) is 2.54. The van der Waals surface area contributed by atoms with Gasteiger partial charge in [-0.3, -0.25) is 4.79 Å². The standard InChI is InChI=1S/C11H9Br2NOS2/c1-6-4-8(17-10(6)13)11(15)14-5-9-7(12)2-3-16-9/h2-4H,5H2,1H3,(H,14,15). The van der Waals surface area contributed by atoms with Crippen LogP contribution in [0.1, 0.15) is 20.1 Å². The maximum atomic E-state index is 11.9. The normalized spacial score (nSPS) is 10.5. The Morgan fingerprint density at radius 1 is 1.47 bits per heavy atom. The van der Waals surface area contributed by atoms with E-state index in [2.05, 4.69) is 37.2 Å². The van der Waals surface area contributed by atoms with Gasteiger partial charge in [0.15, 0.2) is 0 Å². The molecule has 2 nitrogen and oxygen atoms in total. The van der Waals surface area contributed by atoms with Gasteiger partial charge < -0.3 is 5.32 Å². The van der Waals surface area contributed by atoms with Crippen molar-refractivity contribution in [3.8, 4) is 0 Å². The van der Waals surface area contributed by atoms with Gasteiger partial charge >= 0.3 is 0 Å². The maximum absolute atomic E-state index is 11.9. The summed E-state index contributed by atoms with van der Waals surface area (Å²) in [7, 11) is 0. The molecule has 2 aromatic rings. The molecule has 0 unspecified atom stereocenters. The van der Waals surface area contributed by atoms with Crippen molar-refractivity contribution in [1.82, 2.24) is 5.32 Å². The molecule has 0 aromatic carbocycles. The van der Waals surface area contributed by atoms with Crippen molar-refractivity contribution >= 4 is 60.4 Å². The first-order valence-electron chi connectivity index (χ1n) is 4.84. The fraction of sp³-hybridized carbons (Fsp3) is 0.182. The minimum absolute atomic E-state index is 0.0240. The average molecular weight is 395 g/mol. The highest BCUT2D eigenvalue weighted by atomic mass is 79.9. The first-order valence-corrected chi connectivity index (χ1v) is 8.12. The third kappa shape index (κ3) is 3.19. The molecule has 0 saturated carbocycles. The number of hydrogen-bond acceptors (Lipinski definition) is 3. The molecule has 2 aromatic heterocycles. The average Bonchev–Trinajstić information content (AvgIpc) is 2.83. The van der Waals surface area contributed by atoms with Gasteiger partial charge in [0.25, 0.3) is 5.91 Å². The van der Waals surface area contributed by atoms with E-state index in [1.165, 1.54) is 11.3 Å². The van der Waals surface area contributed by atoms with Crippen LogP contribution in [0, 0.1) is 6.92 Å². The van der Waals surface area contributed by atoms with Crippen LogP contribution in [0.3, 0.4) is 0 Å². The van der Waals surface area contributed by atoms with E-state index in [0.29, 0.717) is 6.54 Å². The van der Waals surface area contributed by atoms with Crippen LogP contribution in [0.25, 0.3) is 0 Å². The number of amides is 1. The van der Waals surface area contributed by atoms with E-state index in [0.717, 1.165) is 23.6 Å². The topological polar surface area (TPSA) is 29.1 Å². The lowest BCUT2D eigenvalue weighted by Gasteiger charge is -2.01. The molecule has 0 bridgehead atoms. The molecular formula is C11H9Br2NOS2. The zero-order valence-corrected chi connectivity index (χ0v) is 13.7. The summed E-state index contributed by atoms with van der Waals surface area (Å²) in [5.41, 5.74) is 1.09. The molecule has 0 aliphatic carbocycles. The third-order valence-electron chi connectivity index (χ3n) is 2.18. The second-order valence-corrected chi connectivity index (χ2v) is 7.67. The van der Waals surface area contributed by atoms with E-state index in [4.69, 9.17) is 0 Å². The summed E-state index contributed by atoms with van der Waals surface area (Å²) in [5.74, 6) is -0.0240. The van der Waals surface area contributed by atoms with Crippen molar-refractivity contribution in [1.29, 1.82) is 0 Å². The van der Waals surface area contributed by atoms with Crippen LogP contribution < -0.4 is 5.32 Å². The van der Waals surface area contributed by atoms with Crippen LogP contribution in [0.2, 0.25) is 0 Å². The van der Waals surface area contributed by atoms with Crippen molar-refractivity contribution < 1.29 is 4.79 Å². The second-order valence-electron chi connectivity index (χ2n) is 3.44. The van der Waals surface area contributed by atoms with E-state index in [9.17, 15) is 4.79 Å². The molecule has 6 heteroatoms. The molecule has 0 radical (unpaired) electrons. The molecule has 17 heavy (non-hydrogen) atoms. The Hall–Kier alpha value is -0.170. The Balaban J connectivity index is 2.00. The van der Waals surface area contributed by atoms with Gasteiger partial charge in [-0.05, 0) is 61.9 Å². The zero-order chi connectivity index (χ0) is 12.4. The number of hydrogen-bond donors (Lipinski definition) is 1. The highest BCUT2D eigenvalue weighted by Crippen LogP contribution is 2.27. The van der Waals surface area contributed by atoms with Crippen molar-refractivity contribution in [3.05, 3.63) is 41.1 Å². The molecular weight excluding hydrogens is 386 g/mol. The SMILES string of the molecule is Cc1cc(C(=O)NCc2sccc2Br)sc1Br. The highest BCUT2D eigenvalue weighted by molar-refractivity contribution is 9.11. The Morgan fingerprint density at radius 2 is 2.24 bits per heavy atom. The van der Waals surface area contributed by atoms with Gasteiger partial charge in [0.1, 0.15) is 0 Å². The van der Waals surface area contributed by atoms with Crippen LogP contribution in [0.4, 0.5) is 0 Å². The molecule has 1 N–H and O–H groups in total. The molecule has 0 aliphatic rings. The summed E-state index contributed by atoms with van der Waals surface area (Å²) in [5, 5.41) is 4.91. The molecule has 2 heterocycles. The van der Waals surface area contributed by atoms with Crippen LogP contribution in [0.5, 0.6) is 0 Å². The fourth-order valence-corrected chi connectivity index (χ4v) is 4.15. The number of carbonyl (C=O) groups excluding carboxylic acids is 1. The van der Waals surface area contributed by atoms with Gasteiger partial charge in [-0.25, -0.2) is 0 Å². The van der Waals surface area contributed by atoms with Crippen LogP contribution >= 0.6 is 54.5 Å². The number of carbonyl (C=O) groups is 1. The molecule has 0 aliphatic heterocycles. The summed E-state index contributed by atoms with van der Waals surface area (Å²) in [6.07, 6.45) is 0. The number of thiophene rings is 2. The summed E-state index contributed by atoms with van der Waals surface area (Å²) < 4.78 is 2.06. The minimum atomic E-state index is -0.0240. The van der Waals surface area contributed by atoms with Gasteiger partial charge in [-0.2, -0.15) is 0 Å². The van der Waals surface area contributed by atoms with Crippen molar-refractivity contribution in [2.75, 3.05) is 0 Å². The zero-order valence-electron chi connectivity index (χ0n) is 8.92. The van der Waals surface area contributed by atoms with E-state index in [1.807, 2.05) is 24.4 Å². The van der Waals surface area contributed by atoms with Crippen molar-refractivity contribution in [3.63, 3.8) is 0 Å². The molecule has 0 fully saturated rings. The van der Waals surface area contributed by atoms with Gasteiger partial charge in [-0.15, -0.1) is 22.7 Å². The molecule has 90 valence electrons. The predicted octanol–water partition coefficient (Wildman–Crippen LogP) is 4.57. The van der Waals surface area contributed by atoms with Crippen LogP contribution in [-0.2, 0) is 6.54 Å². The molecule has 0 saturated heterocycles. The third-order valence-corrected chi connectivity index (χ3v) is 6.24. The Kier molecular flexibility index (Phi) is 4.41. The smallest absolute Gasteiger partial charge is 0.261 e. The Bertz CT molecular complexity index is 528. The monoisotopic (exact) mass is 393 g/mol. The van der Waals surface area contributed by atoms with Crippen LogP contribution in [-0.4, -0.2) is 5.91 Å². The van der Waals surface area contributed by atoms with Gasteiger partial charge in [0.2, 0.25) is 0 Å². The quantitative estimate of drug-likeness (QED) is 0.811. The fourth-order valence-electron chi connectivity index (χ4n) is 1.27. The van der Waals surface area contributed by atoms with Crippen molar-refractivity contribution in [2.45, 2.75) is 13.5 Å². The van der Waals surface area contributed by atoms with E-state index in [-0.39, 0.29) is 5.91 Å². The molecule has 2 rings (SSSR count). The summed E-state index contributed by atoms with van der Waals surface area (Å²) >= 11 is 9.95. The lowest BCUT2D eigenvalue weighted by atomic mass is 10.3. The van der Waals surface area contributed by atoms with Gasteiger partial charge in [0.05, 0.1) is 15.2 Å². The predicted molar refractivity (Wildman–Crippen MR) is 79.9 cm³/mol. The maximum Gasteiger partial charge on any atom is 0.261 e. The highest BCUT2D eigenvalue weighted by Gasteiger charge is 2.11. The number of aryl methyl sites for hydroxylation is 1. The first-order chi connectivity index (χ1) is 8.08. The van der Waals surface area contributed by atoms with E-state index < -0.39 is 0 Å². The summed E-state index contributed by atoms with van der Waals surface area (Å²) in [6, 6.07) is 3.88. The molecule has 0 atom stereocenters. The second kappa shape index (κ2) is 5.65. The Morgan fingerprint density at radius 3 is 2.76 bits per heavy atom. The summed E-state index contributed by atoms with van der Waals surface area (Å²) in [4.78, 5) is 13.8. The van der Waals surface area contributed by atoms with E-state index in [1.54, 1.807) is 11.3 Å². The van der Waals surface area contributed by atoms with E-state index >= 15 is 0 Å². The number of nitrogens with one attached hydrogen (secondary N) is 1. The lowest BCUT2D eigenvalue weighted by Crippen LogP contribution is -2.21. The van der Waals surface area contributed by atoms with Crippen LogP contribution in [0.15, 0.2) is 25.8 Å². The largest absolute Gasteiger partial charge is 0.346 e. The number of rotatable bonds is 3. The van der Waals surface area contributed by atoms with Crippen molar-refractivity contribution in [2.24, 2.45) is 0 Å².